The minimum atomic E-state index is -0.490. The largest absolute Gasteiger partial charge is 0.460 e. The van der Waals surface area contributed by atoms with Gasteiger partial charge in [0.1, 0.15) is 12.4 Å². The fraction of sp³-hybridized carbons (Fsp3) is 0.222. The molecule has 0 atom stereocenters. The van der Waals surface area contributed by atoms with Gasteiger partial charge < -0.3 is 14.2 Å². The maximum atomic E-state index is 12.1. The monoisotopic (exact) mass is 314 g/mol. The highest BCUT2D eigenvalue weighted by molar-refractivity contribution is 5.92. The molecule has 0 saturated heterocycles. The summed E-state index contributed by atoms with van der Waals surface area (Å²) >= 11 is 0. The smallest absolute Gasteiger partial charge is 0.343 e. The number of benzene rings is 2. The Balaban J connectivity index is 2.03. The lowest BCUT2D eigenvalue weighted by molar-refractivity contribution is 0.0387. The first-order chi connectivity index (χ1) is 11.1. The quantitative estimate of drug-likeness (QED) is 0.466. The second-order valence-corrected chi connectivity index (χ2v) is 4.91. The van der Waals surface area contributed by atoms with Crippen molar-refractivity contribution in [3.8, 4) is 5.75 Å². The summed E-state index contributed by atoms with van der Waals surface area (Å²) in [6.07, 6.45) is 0. The SMILES string of the molecule is COCCOC(=O)c1cccc(OC(=O)c2ccc(C)cc2)c1. The van der Waals surface area contributed by atoms with Crippen molar-refractivity contribution in [2.75, 3.05) is 20.3 Å². The molecule has 0 spiro atoms. The van der Waals surface area contributed by atoms with Gasteiger partial charge in [0.15, 0.2) is 0 Å². The predicted octanol–water partition coefficient (Wildman–Crippen LogP) is 3.02. The third kappa shape index (κ3) is 4.93. The van der Waals surface area contributed by atoms with E-state index in [4.69, 9.17) is 14.2 Å². The Kier molecular flexibility index (Phi) is 5.88. The Morgan fingerprint density at radius 3 is 2.35 bits per heavy atom. The molecule has 0 N–H and O–H groups in total. The van der Waals surface area contributed by atoms with E-state index in [-0.39, 0.29) is 12.4 Å². The molecule has 0 aromatic heterocycles. The van der Waals surface area contributed by atoms with Crippen molar-refractivity contribution >= 4 is 11.9 Å². The van der Waals surface area contributed by atoms with Crippen LogP contribution in [0.15, 0.2) is 48.5 Å². The molecule has 120 valence electrons. The molecule has 5 nitrogen and oxygen atoms in total. The van der Waals surface area contributed by atoms with Gasteiger partial charge in [-0.05, 0) is 37.3 Å². The summed E-state index contributed by atoms with van der Waals surface area (Å²) in [6, 6.07) is 13.4. The molecule has 0 aliphatic rings. The number of methoxy groups -OCH3 is 1. The van der Waals surface area contributed by atoms with Gasteiger partial charge in [-0.1, -0.05) is 23.8 Å². The normalized spacial score (nSPS) is 10.2. The summed E-state index contributed by atoms with van der Waals surface area (Å²) < 4.78 is 15.1. The number of aryl methyl sites for hydroxylation is 1. The maximum Gasteiger partial charge on any atom is 0.343 e. The van der Waals surface area contributed by atoms with Crippen LogP contribution in [0.5, 0.6) is 5.75 Å². The van der Waals surface area contributed by atoms with Gasteiger partial charge in [-0.15, -0.1) is 0 Å². The Morgan fingerprint density at radius 1 is 0.913 bits per heavy atom. The van der Waals surface area contributed by atoms with E-state index in [1.165, 1.54) is 13.2 Å². The average Bonchev–Trinajstić information content (AvgIpc) is 2.56. The summed E-state index contributed by atoms with van der Waals surface area (Å²) in [5, 5.41) is 0. The number of carbonyl (C=O) groups excluding carboxylic acids is 2. The van der Waals surface area contributed by atoms with Crippen LogP contribution in [0.4, 0.5) is 0 Å². The minimum Gasteiger partial charge on any atom is -0.460 e. The number of hydrogen-bond donors (Lipinski definition) is 0. The van der Waals surface area contributed by atoms with Gasteiger partial charge >= 0.3 is 11.9 Å². The molecule has 23 heavy (non-hydrogen) atoms. The van der Waals surface area contributed by atoms with E-state index in [0.717, 1.165) is 5.56 Å². The van der Waals surface area contributed by atoms with Crippen molar-refractivity contribution in [2.24, 2.45) is 0 Å². The lowest BCUT2D eigenvalue weighted by Crippen LogP contribution is -2.11. The molecule has 0 aliphatic carbocycles. The van der Waals surface area contributed by atoms with Crippen LogP contribution < -0.4 is 4.74 Å². The first kappa shape index (κ1) is 16.7. The second kappa shape index (κ2) is 8.10. The van der Waals surface area contributed by atoms with Gasteiger partial charge in [-0.25, -0.2) is 9.59 Å². The molecule has 2 rings (SSSR count). The first-order valence-corrected chi connectivity index (χ1v) is 7.15. The highest BCUT2D eigenvalue weighted by Gasteiger charge is 2.12. The third-order valence-corrected chi connectivity index (χ3v) is 3.09. The number of rotatable bonds is 6. The molecule has 0 heterocycles. The highest BCUT2D eigenvalue weighted by Crippen LogP contribution is 2.16. The molecule has 0 unspecified atom stereocenters. The van der Waals surface area contributed by atoms with Crippen molar-refractivity contribution in [1.82, 2.24) is 0 Å². The molecule has 0 bridgehead atoms. The summed E-state index contributed by atoms with van der Waals surface area (Å²) in [7, 11) is 1.53. The van der Waals surface area contributed by atoms with Gasteiger partial charge in [-0.2, -0.15) is 0 Å². The summed E-state index contributed by atoms with van der Waals surface area (Å²) in [5.41, 5.74) is 1.82. The Bertz CT molecular complexity index is 676. The van der Waals surface area contributed by atoms with Crippen molar-refractivity contribution in [3.05, 3.63) is 65.2 Å². The topological polar surface area (TPSA) is 61.8 Å². The standard InChI is InChI=1S/C18H18O5/c1-13-6-8-14(9-7-13)18(20)23-16-5-3-4-15(12-16)17(19)22-11-10-21-2/h3-9,12H,10-11H2,1-2H3. The first-order valence-electron chi connectivity index (χ1n) is 7.15. The van der Waals surface area contributed by atoms with Crippen LogP contribution in [0.3, 0.4) is 0 Å². The average molecular weight is 314 g/mol. The molecular weight excluding hydrogens is 296 g/mol. The zero-order valence-electron chi connectivity index (χ0n) is 13.1. The van der Waals surface area contributed by atoms with Gasteiger partial charge in [0.25, 0.3) is 0 Å². The fourth-order valence-corrected chi connectivity index (χ4v) is 1.84. The number of ether oxygens (including phenoxy) is 3. The predicted molar refractivity (Wildman–Crippen MR) is 84.7 cm³/mol. The van der Waals surface area contributed by atoms with E-state index in [9.17, 15) is 9.59 Å². The Morgan fingerprint density at radius 2 is 1.65 bits per heavy atom. The molecule has 0 saturated carbocycles. The number of hydrogen-bond acceptors (Lipinski definition) is 5. The van der Waals surface area contributed by atoms with Gasteiger partial charge in [0.2, 0.25) is 0 Å². The maximum absolute atomic E-state index is 12.1. The fourth-order valence-electron chi connectivity index (χ4n) is 1.84. The molecule has 0 fully saturated rings. The van der Waals surface area contributed by atoms with Gasteiger partial charge in [0.05, 0.1) is 17.7 Å². The third-order valence-electron chi connectivity index (χ3n) is 3.09. The van der Waals surface area contributed by atoms with Crippen LogP contribution in [0.2, 0.25) is 0 Å². The zero-order valence-corrected chi connectivity index (χ0v) is 13.1. The Hall–Kier alpha value is -2.66. The van der Waals surface area contributed by atoms with E-state index in [1.807, 2.05) is 19.1 Å². The van der Waals surface area contributed by atoms with E-state index >= 15 is 0 Å². The van der Waals surface area contributed by atoms with Crippen LogP contribution in [-0.4, -0.2) is 32.3 Å². The molecule has 0 amide bonds. The lowest BCUT2D eigenvalue weighted by atomic mass is 10.1. The van der Waals surface area contributed by atoms with Gasteiger partial charge in [0, 0.05) is 7.11 Å². The van der Waals surface area contributed by atoms with Crippen LogP contribution in [0.25, 0.3) is 0 Å². The Labute approximate surface area is 134 Å². The highest BCUT2D eigenvalue weighted by atomic mass is 16.6. The van der Waals surface area contributed by atoms with E-state index in [0.29, 0.717) is 17.7 Å². The van der Waals surface area contributed by atoms with Gasteiger partial charge in [-0.3, -0.25) is 0 Å². The summed E-state index contributed by atoms with van der Waals surface area (Å²) in [4.78, 5) is 23.9. The van der Waals surface area contributed by atoms with E-state index in [1.54, 1.807) is 30.3 Å². The number of esters is 2. The molecule has 0 aliphatic heterocycles. The van der Waals surface area contributed by atoms with Crippen molar-refractivity contribution in [3.63, 3.8) is 0 Å². The van der Waals surface area contributed by atoms with E-state index in [2.05, 4.69) is 0 Å². The lowest BCUT2D eigenvalue weighted by Gasteiger charge is -2.07. The zero-order chi connectivity index (χ0) is 16.7. The molecule has 2 aromatic rings. The van der Waals surface area contributed by atoms with Crippen LogP contribution in [0, 0.1) is 6.92 Å². The summed E-state index contributed by atoms with van der Waals surface area (Å²) in [6.45, 7) is 2.43. The van der Waals surface area contributed by atoms with Crippen molar-refractivity contribution < 1.29 is 23.8 Å². The summed E-state index contributed by atoms with van der Waals surface area (Å²) in [5.74, 6) is -0.679. The molecule has 2 aromatic carbocycles. The van der Waals surface area contributed by atoms with Crippen molar-refractivity contribution in [2.45, 2.75) is 6.92 Å². The second-order valence-electron chi connectivity index (χ2n) is 4.91. The molecular formula is C18H18O5. The molecule has 0 radical (unpaired) electrons. The van der Waals surface area contributed by atoms with E-state index < -0.39 is 11.9 Å². The van der Waals surface area contributed by atoms with Crippen LogP contribution >= 0.6 is 0 Å². The van der Waals surface area contributed by atoms with Crippen LogP contribution in [-0.2, 0) is 9.47 Å². The number of carbonyl (C=O) groups is 2. The van der Waals surface area contributed by atoms with Crippen LogP contribution in [0.1, 0.15) is 26.3 Å². The minimum absolute atomic E-state index is 0.169. The van der Waals surface area contributed by atoms with Crippen molar-refractivity contribution in [1.29, 1.82) is 0 Å². The molecule has 5 heteroatoms.